The zero-order valence-electron chi connectivity index (χ0n) is 10.9. The molecule has 0 aliphatic heterocycles. The van der Waals surface area contributed by atoms with Gasteiger partial charge in [-0.1, -0.05) is 34.1 Å². The number of hydrogen-bond donors (Lipinski definition) is 2. The fourth-order valence-corrected chi connectivity index (χ4v) is 1.85. The molecule has 19 heavy (non-hydrogen) atoms. The van der Waals surface area contributed by atoms with Crippen LogP contribution in [0.5, 0.6) is 0 Å². The maximum Gasteiger partial charge on any atom is 0.244 e. The Balaban J connectivity index is 2.56. The molecule has 2 amide bonds. The van der Waals surface area contributed by atoms with Gasteiger partial charge in [0.25, 0.3) is 0 Å². The van der Waals surface area contributed by atoms with Crippen LogP contribution in [0.25, 0.3) is 6.08 Å². The van der Waals surface area contributed by atoms with Crippen molar-refractivity contribution >= 4 is 33.8 Å². The van der Waals surface area contributed by atoms with Crippen molar-refractivity contribution in [2.75, 3.05) is 6.54 Å². The fraction of sp³-hybridized carbons (Fsp3) is 0.286. The van der Waals surface area contributed by atoms with Gasteiger partial charge in [-0.3, -0.25) is 9.59 Å². The van der Waals surface area contributed by atoms with Crippen LogP contribution in [-0.2, 0) is 9.59 Å². The van der Waals surface area contributed by atoms with E-state index in [4.69, 9.17) is 0 Å². The number of rotatable bonds is 5. The van der Waals surface area contributed by atoms with E-state index in [0.717, 1.165) is 10.0 Å². The third kappa shape index (κ3) is 5.26. The molecule has 0 fully saturated rings. The summed E-state index contributed by atoms with van der Waals surface area (Å²) in [5.41, 5.74) is 0.906. The second-order valence-electron chi connectivity index (χ2n) is 3.98. The van der Waals surface area contributed by atoms with Crippen molar-refractivity contribution in [2.45, 2.75) is 19.9 Å². The van der Waals surface area contributed by atoms with Crippen molar-refractivity contribution < 1.29 is 9.59 Å². The van der Waals surface area contributed by atoms with Gasteiger partial charge in [-0.05, 0) is 31.6 Å². The normalized spacial score (nSPS) is 12.2. The van der Waals surface area contributed by atoms with Crippen molar-refractivity contribution in [3.63, 3.8) is 0 Å². The fourth-order valence-electron chi connectivity index (χ4n) is 1.43. The van der Waals surface area contributed by atoms with Crippen LogP contribution in [0.3, 0.4) is 0 Å². The van der Waals surface area contributed by atoms with Gasteiger partial charge in [-0.15, -0.1) is 0 Å². The summed E-state index contributed by atoms with van der Waals surface area (Å²) in [5.74, 6) is -0.486. The molecule has 0 heterocycles. The third-order valence-electron chi connectivity index (χ3n) is 2.42. The van der Waals surface area contributed by atoms with Crippen molar-refractivity contribution in [3.05, 3.63) is 40.4 Å². The molecule has 0 radical (unpaired) electrons. The molecule has 0 aromatic heterocycles. The van der Waals surface area contributed by atoms with Crippen molar-refractivity contribution in [3.8, 4) is 0 Å². The molecule has 1 aromatic carbocycles. The predicted molar refractivity (Wildman–Crippen MR) is 79.5 cm³/mol. The monoisotopic (exact) mass is 324 g/mol. The number of nitrogens with one attached hydrogen (secondary N) is 2. The van der Waals surface area contributed by atoms with Gasteiger partial charge in [0.15, 0.2) is 0 Å². The minimum atomic E-state index is -0.545. The predicted octanol–water partition coefficient (Wildman–Crippen LogP) is 2.10. The second kappa shape index (κ2) is 7.74. The maximum absolute atomic E-state index is 11.7. The second-order valence-corrected chi connectivity index (χ2v) is 4.83. The average molecular weight is 325 g/mol. The number of amides is 2. The van der Waals surface area contributed by atoms with Crippen LogP contribution in [-0.4, -0.2) is 24.4 Å². The van der Waals surface area contributed by atoms with Crippen LogP contribution in [0.1, 0.15) is 19.4 Å². The minimum Gasteiger partial charge on any atom is -0.355 e. The Morgan fingerprint density at radius 3 is 2.68 bits per heavy atom. The van der Waals surface area contributed by atoms with Crippen LogP contribution in [0.15, 0.2) is 34.8 Å². The van der Waals surface area contributed by atoms with E-state index in [1.54, 1.807) is 13.0 Å². The standard InChI is InChI=1S/C14H17BrN2O2/c1-3-16-14(19)10(2)17-13(18)9-8-11-6-4-5-7-12(11)15/h4-10H,3H2,1-2H3,(H,16,19)(H,17,18)/b9-8+/t10-/m0/s1. The number of carbonyl (C=O) groups is 2. The first-order valence-corrected chi connectivity index (χ1v) is 6.84. The lowest BCUT2D eigenvalue weighted by Crippen LogP contribution is -2.44. The summed E-state index contributed by atoms with van der Waals surface area (Å²) in [6, 6.07) is 7.03. The van der Waals surface area contributed by atoms with Crippen LogP contribution >= 0.6 is 15.9 Å². The van der Waals surface area contributed by atoms with E-state index in [1.165, 1.54) is 6.08 Å². The quantitative estimate of drug-likeness (QED) is 0.815. The van der Waals surface area contributed by atoms with Crippen LogP contribution in [0, 0.1) is 0 Å². The molecule has 0 unspecified atom stereocenters. The third-order valence-corrected chi connectivity index (χ3v) is 3.14. The molecule has 0 aliphatic rings. The first-order valence-electron chi connectivity index (χ1n) is 6.05. The first kappa shape index (κ1) is 15.4. The molecule has 1 aromatic rings. The molecule has 0 aliphatic carbocycles. The van der Waals surface area contributed by atoms with E-state index in [-0.39, 0.29) is 11.8 Å². The molecule has 1 atom stereocenters. The Morgan fingerprint density at radius 1 is 1.37 bits per heavy atom. The minimum absolute atomic E-state index is 0.190. The van der Waals surface area contributed by atoms with Gasteiger partial charge < -0.3 is 10.6 Å². The Kier molecular flexibility index (Phi) is 6.29. The summed E-state index contributed by atoms with van der Waals surface area (Å²) >= 11 is 3.39. The number of carbonyl (C=O) groups excluding carboxylic acids is 2. The molecule has 2 N–H and O–H groups in total. The van der Waals surface area contributed by atoms with E-state index < -0.39 is 6.04 Å². The smallest absolute Gasteiger partial charge is 0.244 e. The molecule has 0 saturated carbocycles. The Bertz CT molecular complexity index is 486. The van der Waals surface area contributed by atoms with E-state index in [2.05, 4.69) is 26.6 Å². The Hall–Kier alpha value is -1.62. The highest BCUT2D eigenvalue weighted by Gasteiger charge is 2.12. The Morgan fingerprint density at radius 2 is 2.05 bits per heavy atom. The molecule has 0 saturated heterocycles. The summed E-state index contributed by atoms with van der Waals surface area (Å²) in [6.45, 7) is 4.03. The molecule has 4 nitrogen and oxygen atoms in total. The van der Waals surface area contributed by atoms with Gasteiger partial charge in [0, 0.05) is 17.1 Å². The van der Waals surface area contributed by atoms with Gasteiger partial charge in [0.2, 0.25) is 11.8 Å². The van der Waals surface area contributed by atoms with E-state index in [1.807, 2.05) is 31.2 Å². The van der Waals surface area contributed by atoms with Crippen LogP contribution in [0.4, 0.5) is 0 Å². The number of benzene rings is 1. The molecule has 0 bridgehead atoms. The summed E-state index contributed by atoms with van der Waals surface area (Å²) in [5, 5.41) is 5.25. The summed E-state index contributed by atoms with van der Waals surface area (Å²) in [4.78, 5) is 23.1. The number of halogens is 1. The summed E-state index contributed by atoms with van der Waals surface area (Å²) in [7, 11) is 0. The molecular weight excluding hydrogens is 308 g/mol. The topological polar surface area (TPSA) is 58.2 Å². The zero-order valence-corrected chi connectivity index (χ0v) is 12.5. The molecule has 102 valence electrons. The van der Waals surface area contributed by atoms with Gasteiger partial charge in [0.05, 0.1) is 0 Å². The molecular formula is C14H17BrN2O2. The highest BCUT2D eigenvalue weighted by Crippen LogP contribution is 2.16. The van der Waals surface area contributed by atoms with Crippen LogP contribution < -0.4 is 10.6 Å². The lowest BCUT2D eigenvalue weighted by atomic mass is 10.2. The first-order chi connectivity index (χ1) is 9.04. The molecule has 0 spiro atoms. The summed E-state index contributed by atoms with van der Waals surface area (Å²) in [6.07, 6.45) is 3.11. The Labute approximate surface area is 121 Å². The maximum atomic E-state index is 11.7. The van der Waals surface area contributed by atoms with Crippen molar-refractivity contribution in [2.24, 2.45) is 0 Å². The highest BCUT2D eigenvalue weighted by atomic mass is 79.9. The zero-order chi connectivity index (χ0) is 14.3. The number of hydrogen-bond acceptors (Lipinski definition) is 2. The van der Waals surface area contributed by atoms with E-state index in [9.17, 15) is 9.59 Å². The van der Waals surface area contributed by atoms with E-state index in [0.29, 0.717) is 6.54 Å². The average Bonchev–Trinajstić information content (AvgIpc) is 2.38. The largest absolute Gasteiger partial charge is 0.355 e. The van der Waals surface area contributed by atoms with E-state index >= 15 is 0 Å². The lowest BCUT2D eigenvalue weighted by Gasteiger charge is -2.11. The van der Waals surface area contributed by atoms with Gasteiger partial charge in [0.1, 0.15) is 6.04 Å². The van der Waals surface area contributed by atoms with Crippen LogP contribution in [0.2, 0.25) is 0 Å². The van der Waals surface area contributed by atoms with Gasteiger partial charge in [-0.2, -0.15) is 0 Å². The van der Waals surface area contributed by atoms with Crippen molar-refractivity contribution in [1.82, 2.24) is 10.6 Å². The van der Waals surface area contributed by atoms with Gasteiger partial charge >= 0.3 is 0 Å². The summed E-state index contributed by atoms with van der Waals surface area (Å²) < 4.78 is 0.913. The molecule has 5 heteroatoms. The van der Waals surface area contributed by atoms with Gasteiger partial charge in [-0.25, -0.2) is 0 Å². The van der Waals surface area contributed by atoms with Crippen molar-refractivity contribution in [1.29, 1.82) is 0 Å². The SMILES string of the molecule is CCNC(=O)[C@H](C)NC(=O)/C=C/c1ccccc1Br. The highest BCUT2D eigenvalue weighted by molar-refractivity contribution is 9.10. The number of likely N-dealkylation sites (N-methyl/N-ethyl adjacent to an activating group) is 1. The lowest BCUT2D eigenvalue weighted by molar-refractivity contribution is -0.126. The molecule has 1 rings (SSSR count).